The summed E-state index contributed by atoms with van der Waals surface area (Å²) in [4.78, 5) is 13.9. The number of fused-ring (bicyclic) bond motifs is 1. The third-order valence-corrected chi connectivity index (χ3v) is 5.75. The molecule has 5 nitrogen and oxygen atoms in total. The molecule has 0 aliphatic carbocycles. The number of unbranched alkanes of at least 4 members (excludes halogenated alkanes) is 5. The van der Waals surface area contributed by atoms with Gasteiger partial charge in [-0.15, -0.1) is 0 Å². The second-order valence-electron chi connectivity index (χ2n) is 7.85. The van der Waals surface area contributed by atoms with Gasteiger partial charge in [-0.05, 0) is 36.8 Å². The highest BCUT2D eigenvalue weighted by atomic mass is 35.5. The van der Waals surface area contributed by atoms with Gasteiger partial charge in [-0.1, -0.05) is 74.9 Å². The Kier molecular flexibility index (Phi) is 6.82. The van der Waals surface area contributed by atoms with Gasteiger partial charge < -0.3 is 10.3 Å². The normalized spacial score (nSPS) is 11.3. The van der Waals surface area contributed by atoms with Gasteiger partial charge in [0.1, 0.15) is 5.69 Å². The monoisotopic (exact) mass is 433 g/mol. The van der Waals surface area contributed by atoms with Crippen molar-refractivity contribution in [3.8, 4) is 22.8 Å². The lowest BCUT2D eigenvalue weighted by Gasteiger charge is -2.11. The summed E-state index contributed by atoms with van der Waals surface area (Å²) < 4.78 is 2.27. The molecule has 2 N–H and O–H groups in total. The number of aryl methyl sites for hydroxylation is 1. The highest BCUT2D eigenvalue weighted by Gasteiger charge is 2.16. The van der Waals surface area contributed by atoms with Crippen LogP contribution in [0.2, 0.25) is 5.02 Å². The summed E-state index contributed by atoms with van der Waals surface area (Å²) in [5.74, 6) is 1.07. The van der Waals surface area contributed by atoms with E-state index in [9.17, 15) is 0 Å². The smallest absolute Gasteiger partial charge is 0.221 e. The number of aromatic nitrogens is 4. The molecular weight excluding hydrogens is 406 g/mol. The number of nitrogens with zero attached hydrogens (tertiary/aromatic N) is 4. The Bertz CT molecular complexity index is 1150. The van der Waals surface area contributed by atoms with E-state index in [1.165, 1.54) is 32.1 Å². The summed E-state index contributed by atoms with van der Waals surface area (Å²) in [7, 11) is 0. The molecular formula is C25H28ClN5. The number of anilines is 1. The summed E-state index contributed by atoms with van der Waals surface area (Å²) in [5, 5.41) is 0.687. The minimum atomic E-state index is 0.237. The topological polar surface area (TPSA) is 69.6 Å². The van der Waals surface area contributed by atoms with E-state index in [4.69, 9.17) is 22.3 Å². The molecule has 160 valence electrons. The second-order valence-corrected chi connectivity index (χ2v) is 8.28. The number of hydrogen-bond donors (Lipinski definition) is 1. The molecule has 6 heteroatoms. The van der Waals surface area contributed by atoms with E-state index in [0.29, 0.717) is 5.02 Å². The summed E-state index contributed by atoms with van der Waals surface area (Å²) in [6.45, 7) is 3.15. The van der Waals surface area contributed by atoms with Gasteiger partial charge in [-0.2, -0.15) is 0 Å². The first-order chi connectivity index (χ1) is 15.2. The van der Waals surface area contributed by atoms with Crippen LogP contribution in [0.5, 0.6) is 0 Å². The molecule has 0 aliphatic rings. The zero-order valence-corrected chi connectivity index (χ0v) is 18.6. The molecule has 2 heterocycles. The fourth-order valence-electron chi connectivity index (χ4n) is 3.90. The van der Waals surface area contributed by atoms with Gasteiger partial charge in [0.05, 0.1) is 16.7 Å². The molecule has 0 unspecified atom stereocenters. The molecule has 2 aromatic carbocycles. The molecule has 0 aliphatic heterocycles. The first-order valence-corrected chi connectivity index (χ1v) is 11.4. The summed E-state index contributed by atoms with van der Waals surface area (Å²) in [6.07, 6.45) is 7.49. The Morgan fingerprint density at radius 2 is 1.55 bits per heavy atom. The average molecular weight is 434 g/mol. The quantitative estimate of drug-likeness (QED) is 0.296. The van der Waals surface area contributed by atoms with Gasteiger partial charge in [0.2, 0.25) is 5.95 Å². The van der Waals surface area contributed by atoms with Crippen molar-refractivity contribution in [3.05, 3.63) is 59.6 Å². The fourth-order valence-corrected chi connectivity index (χ4v) is 4.02. The highest BCUT2D eigenvalue weighted by molar-refractivity contribution is 6.30. The van der Waals surface area contributed by atoms with Crippen molar-refractivity contribution in [1.82, 2.24) is 19.5 Å². The Labute approximate surface area is 188 Å². The minimum absolute atomic E-state index is 0.237. The number of imidazole rings is 1. The Hall–Kier alpha value is -2.92. The Balaban J connectivity index is 1.68. The van der Waals surface area contributed by atoms with Crippen LogP contribution in [0.3, 0.4) is 0 Å². The van der Waals surface area contributed by atoms with Crippen molar-refractivity contribution < 1.29 is 0 Å². The van der Waals surface area contributed by atoms with E-state index in [1.54, 1.807) is 0 Å². The van der Waals surface area contributed by atoms with Crippen molar-refractivity contribution in [2.45, 2.75) is 52.0 Å². The van der Waals surface area contributed by atoms with Gasteiger partial charge in [-0.3, -0.25) is 0 Å². The van der Waals surface area contributed by atoms with Crippen LogP contribution in [-0.2, 0) is 6.54 Å². The lowest BCUT2D eigenvalue weighted by molar-refractivity contribution is 0.566. The van der Waals surface area contributed by atoms with E-state index < -0.39 is 0 Å². The third kappa shape index (κ3) is 5.05. The van der Waals surface area contributed by atoms with E-state index in [-0.39, 0.29) is 5.95 Å². The number of halogens is 1. The number of benzene rings is 2. The number of nitrogen functional groups attached to an aromatic ring is 1. The van der Waals surface area contributed by atoms with Crippen LogP contribution in [0.4, 0.5) is 5.95 Å². The number of nitrogens with two attached hydrogens (primary N) is 1. The minimum Gasteiger partial charge on any atom is -0.368 e. The second kappa shape index (κ2) is 9.92. The summed E-state index contributed by atoms with van der Waals surface area (Å²) in [5.41, 5.74) is 10.6. The molecule has 4 aromatic rings. The van der Waals surface area contributed by atoms with Crippen molar-refractivity contribution >= 4 is 28.6 Å². The van der Waals surface area contributed by atoms with Crippen molar-refractivity contribution in [1.29, 1.82) is 0 Å². The standard InChI is InChI=1S/C25H28ClN5/c1-2-3-4-5-6-9-16-31-23-11-8-7-10-20(23)28-24(31)22-17-21(29-25(27)30-22)18-12-14-19(26)15-13-18/h7-8,10-15,17H,2-6,9,16H2,1H3,(H2,27,29,30). The van der Waals surface area contributed by atoms with Crippen LogP contribution in [0.15, 0.2) is 54.6 Å². The Morgan fingerprint density at radius 3 is 2.35 bits per heavy atom. The number of rotatable bonds is 9. The third-order valence-electron chi connectivity index (χ3n) is 5.50. The maximum Gasteiger partial charge on any atom is 0.221 e. The molecule has 0 saturated heterocycles. The maximum absolute atomic E-state index is 6.09. The maximum atomic E-state index is 6.09. The van der Waals surface area contributed by atoms with E-state index in [2.05, 4.69) is 33.6 Å². The molecule has 0 amide bonds. The van der Waals surface area contributed by atoms with E-state index in [0.717, 1.165) is 46.8 Å². The van der Waals surface area contributed by atoms with Crippen LogP contribution in [0.25, 0.3) is 33.8 Å². The molecule has 2 aromatic heterocycles. The van der Waals surface area contributed by atoms with Gasteiger partial charge in [0.25, 0.3) is 0 Å². The van der Waals surface area contributed by atoms with Gasteiger partial charge >= 0.3 is 0 Å². The molecule has 0 fully saturated rings. The molecule has 4 rings (SSSR count). The van der Waals surface area contributed by atoms with Crippen LogP contribution in [0, 0.1) is 0 Å². The predicted octanol–water partition coefficient (Wildman–Crippen LogP) is 6.76. The molecule has 0 spiro atoms. The first kappa shape index (κ1) is 21.3. The number of hydrogen-bond acceptors (Lipinski definition) is 4. The summed E-state index contributed by atoms with van der Waals surface area (Å²) in [6, 6.07) is 17.8. The van der Waals surface area contributed by atoms with Crippen molar-refractivity contribution in [2.75, 3.05) is 5.73 Å². The van der Waals surface area contributed by atoms with E-state index in [1.807, 2.05) is 42.5 Å². The predicted molar refractivity (Wildman–Crippen MR) is 129 cm³/mol. The summed E-state index contributed by atoms with van der Waals surface area (Å²) >= 11 is 6.04. The molecule has 0 saturated carbocycles. The van der Waals surface area contributed by atoms with Crippen LogP contribution in [-0.4, -0.2) is 19.5 Å². The first-order valence-electron chi connectivity index (χ1n) is 11.0. The molecule has 31 heavy (non-hydrogen) atoms. The molecule has 0 bridgehead atoms. The SMILES string of the molecule is CCCCCCCCn1c(-c2cc(-c3ccc(Cl)cc3)nc(N)n2)nc2ccccc21. The van der Waals surface area contributed by atoms with E-state index >= 15 is 0 Å². The molecule has 0 radical (unpaired) electrons. The lowest BCUT2D eigenvalue weighted by Crippen LogP contribution is -2.05. The van der Waals surface area contributed by atoms with Crippen LogP contribution >= 0.6 is 11.6 Å². The largest absolute Gasteiger partial charge is 0.368 e. The molecule has 0 atom stereocenters. The van der Waals surface area contributed by atoms with Gasteiger partial charge in [0, 0.05) is 17.1 Å². The van der Waals surface area contributed by atoms with Crippen molar-refractivity contribution in [2.24, 2.45) is 0 Å². The zero-order chi connectivity index (χ0) is 21.6. The average Bonchev–Trinajstić information content (AvgIpc) is 3.15. The van der Waals surface area contributed by atoms with Gasteiger partial charge in [0.15, 0.2) is 5.82 Å². The Morgan fingerprint density at radius 1 is 0.839 bits per heavy atom. The van der Waals surface area contributed by atoms with Crippen LogP contribution < -0.4 is 5.73 Å². The van der Waals surface area contributed by atoms with Crippen molar-refractivity contribution in [3.63, 3.8) is 0 Å². The zero-order valence-electron chi connectivity index (χ0n) is 17.9. The number of para-hydroxylation sites is 2. The van der Waals surface area contributed by atoms with Crippen LogP contribution in [0.1, 0.15) is 45.4 Å². The highest BCUT2D eigenvalue weighted by Crippen LogP contribution is 2.28. The lowest BCUT2D eigenvalue weighted by atomic mass is 10.1. The van der Waals surface area contributed by atoms with Gasteiger partial charge in [-0.25, -0.2) is 15.0 Å². The fraction of sp³-hybridized carbons (Fsp3) is 0.320.